The molecule has 0 saturated heterocycles. The molecule has 1 aliphatic rings. The highest BCUT2D eigenvalue weighted by atomic mass is 19.1. The lowest BCUT2D eigenvalue weighted by molar-refractivity contribution is -0.255. The Kier molecular flexibility index (Phi) is 5.12. The van der Waals surface area contributed by atoms with Crippen molar-refractivity contribution in [1.82, 2.24) is 5.32 Å². The van der Waals surface area contributed by atoms with Crippen molar-refractivity contribution in [3.05, 3.63) is 76.7 Å². The minimum atomic E-state index is -1.40. The van der Waals surface area contributed by atoms with E-state index < -0.39 is 29.8 Å². The van der Waals surface area contributed by atoms with Gasteiger partial charge in [-0.3, -0.25) is 4.90 Å². The number of nitrogens with one attached hydrogen (secondary N) is 1. The monoisotopic (exact) mass is 383 g/mol. The summed E-state index contributed by atoms with van der Waals surface area (Å²) in [5.41, 5.74) is 0.823. The van der Waals surface area contributed by atoms with Crippen molar-refractivity contribution >= 4 is 23.7 Å². The summed E-state index contributed by atoms with van der Waals surface area (Å²) >= 11 is 0. The minimum absolute atomic E-state index is 0.103. The van der Waals surface area contributed by atoms with Crippen molar-refractivity contribution in [1.29, 1.82) is 0 Å². The fourth-order valence-electron chi connectivity index (χ4n) is 3.14. The smallest absolute Gasteiger partial charge is 0.337 e. The van der Waals surface area contributed by atoms with Crippen molar-refractivity contribution in [3.63, 3.8) is 0 Å². The van der Waals surface area contributed by atoms with Gasteiger partial charge in [0, 0.05) is 5.70 Å². The second kappa shape index (κ2) is 7.51. The molecule has 0 aromatic heterocycles. The molecule has 1 atom stereocenters. The molecule has 0 unspecified atom stereocenters. The molecular formula is C20H16FN2O5-. The third kappa shape index (κ3) is 3.44. The van der Waals surface area contributed by atoms with Gasteiger partial charge in [0.15, 0.2) is 0 Å². The van der Waals surface area contributed by atoms with Gasteiger partial charge in [0.2, 0.25) is 0 Å². The second-order valence-electron chi connectivity index (χ2n) is 6.10. The van der Waals surface area contributed by atoms with E-state index in [4.69, 9.17) is 4.74 Å². The number of amides is 2. The highest BCUT2D eigenvalue weighted by Gasteiger charge is 2.37. The van der Waals surface area contributed by atoms with Crippen LogP contribution < -0.4 is 15.3 Å². The van der Waals surface area contributed by atoms with Gasteiger partial charge < -0.3 is 20.0 Å². The van der Waals surface area contributed by atoms with Crippen LogP contribution in [0.15, 0.2) is 59.8 Å². The van der Waals surface area contributed by atoms with E-state index in [9.17, 15) is 23.9 Å². The van der Waals surface area contributed by atoms with Crippen LogP contribution in [0.2, 0.25) is 0 Å². The molecule has 0 aliphatic carbocycles. The zero-order valence-corrected chi connectivity index (χ0v) is 15.1. The van der Waals surface area contributed by atoms with E-state index in [-0.39, 0.29) is 22.5 Å². The number of rotatable bonds is 4. The summed E-state index contributed by atoms with van der Waals surface area (Å²) in [5, 5.41) is 13.8. The number of hydrogen-bond acceptors (Lipinski definition) is 5. The fraction of sp³-hybridized carbons (Fsp3) is 0.150. The summed E-state index contributed by atoms with van der Waals surface area (Å²) in [5.74, 6) is -2.61. The topological polar surface area (TPSA) is 98.8 Å². The third-order valence-corrected chi connectivity index (χ3v) is 4.41. The number of urea groups is 1. The van der Waals surface area contributed by atoms with E-state index in [0.29, 0.717) is 5.56 Å². The van der Waals surface area contributed by atoms with Gasteiger partial charge in [0.05, 0.1) is 30.4 Å². The lowest BCUT2D eigenvalue weighted by atomic mass is 9.94. The molecule has 0 spiro atoms. The van der Waals surface area contributed by atoms with E-state index in [2.05, 4.69) is 5.32 Å². The zero-order valence-electron chi connectivity index (χ0n) is 15.1. The highest BCUT2D eigenvalue weighted by Crippen LogP contribution is 2.34. The molecular weight excluding hydrogens is 367 g/mol. The number of methoxy groups -OCH3 is 1. The van der Waals surface area contributed by atoms with Crippen LogP contribution in [0.3, 0.4) is 0 Å². The van der Waals surface area contributed by atoms with Gasteiger partial charge >= 0.3 is 12.0 Å². The number of hydrogen-bond donors (Lipinski definition) is 1. The fourth-order valence-corrected chi connectivity index (χ4v) is 3.14. The predicted molar refractivity (Wildman–Crippen MR) is 95.6 cm³/mol. The number of carbonyl (C=O) groups is 3. The molecule has 1 N–H and O–H groups in total. The second-order valence-corrected chi connectivity index (χ2v) is 6.10. The molecule has 0 bridgehead atoms. The minimum Gasteiger partial charge on any atom is -0.545 e. The molecule has 2 amide bonds. The quantitative estimate of drug-likeness (QED) is 0.813. The van der Waals surface area contributed by atoms with Gasteiger partial charge in [-0.1, -0.05) is 24.3 Å². The Bertz CT molecular complexity index is 1000. The van der Waals surface area contributed by atoms with Crippen molar-refractivity contribution < 1.29 is 28.6 Å². The van der Waals surface area contributed by atoms with Crippen LogP contribution in [0.1, 0.15) is 28.9 Å². The standard InChI is InChI=1S/C20H17FN2O5/c1-11-16(19(26)28-2)17(12-5-3-7-14(21)9-12)22-20(27)23(11)15-8-4-6-13(10-15)18(24)25/h3-10,17H,1-2H3,(H,22,27)(H,24,25)/p-1/t17-/m0/s1. The zero-order chi connectivity index (χ0) is 20.4. The SMILES string of the molecule is COC(=O)C1=C(C)N(c2cccc(C(=O)[O-])c2)C(=O)N[C@H]1c1cccc(F)c1. The molecule has 8 heteroatoms. The van der Waals surface area contributed by atoms with Crippen LogP contribution >= 0.6 is 0 Å². The summed E-state index contributed by atoms with van der Waals surface area (Å²) < 4.78 is 18.5. The number of carboxylic acids is 1. The molecule has 2 aromatic carbocycles. The Morgan fingerprint density at radius 2 is 1.89 bits per heavy atom. The van der Waals surface area contributed by atoms with Gasteiger partial charge in [-0.25, -0.2) is 14.0 Å². The highest BCUT2D eigenvalue weighted by molar-refractivity contribution is 6.03. The number of anilines is 1. The summed E-state index contributed by atoms with van der Waals surface area (Å²) in [7, 11) is 1.20. The maximum absolute atomic E-state index is 13.7. The van der Waals surface area contributed by atoms with Crippen LogP contribution in [0.5, 0.6) is 0 Å². The van der Waals surface area contributed by atoms with Crippen LogP contribution in [-0.4, -0.2) is 25.1 Å². The van der Waals surface area contributed by atoms with E-state index in [1.807, 2.05) is 0 Å². The molecule has 0 fully saturated rings. The Hall–Kier alpha value is -3.68. The largest absolute Gasteiger partial charge is 0.545 e. The third-order valence-electron chi connectivity index (χ3n) is 4.41. The predicted octanol–water partition coefficient (Wildman–Crippen LogP) is 1.91. The molecule has 0 saturated carbocycles. The average Bonchev–Trinajstić information content (AvgIpc) is 2.67. The van der Waals surface area contributed by atoms with Crippen molar-refractivity contribution in [2.24, 2.45) is 0 Å². The molecule has 7 nitrogen and oxygen atoms in total. The number of benzene rings is 2. The van der Waals surface area contributed by atoms with E-state index in [0.717, 1.165) is 4.90 Å². The van der Waals surface area contributed by atoms with Crippen LogP contribution in [0.25, 0.3) is 0 Å². The Morgan fingerprint density at radius 1 is 1.18 bits per heavy atom. The Balaban J connectivity index is 2.15. The van der Waals surface area contributed by atoms with Gasteiger partial charge in [0.25, 0.3) is 0 Å². The van der Waals surface area contributed by atoms with E-state index in [1.54, 1.807) is 6.07 Å². The Labute approximate surface area is 160 Å². The molecule has 28 heavy (non-hydrogen) atoms. The summed E-state index contributed by atoms with van der Waals surface area (Å²) in [4.78, 5) is 37.5. The number of halogens is 1. The van der Waals surface area contributed by atoms with Gasteiger partial charge in [-0.05, 0) is 42.3 Å². The number of aromatic carboxylic acids is 1. The number of carboxylic acid groups (broad SMARTS) is 1. The van der Waals surface area contributed by atoms with Crippen LogP contribution in [0.4, 0.5) is 14.9 Å². The van der Waals surface area contributed by atoms with E-state index in [1.165, 1.54) is 56.5 Å². The first kappa shape index (κ1) is 19.1. The summed E-state index contributed by atoms with van der Waals surface area (Å²) in [6, 6.07) is 9.56. The van der Waals surface area contributed by atoms with Crippen molar-refractivity contribution in [2.75, 3.05) is 12.0 Å². The van der Waals surface area contributed by atoms with E-state index >= 15 is 0 Å². The average molecular weight is 383 g/mol. The molecule has 2 aromatic rings. The van der Waals surface area contributed by atoms with Gasteiger partial charge in [-0.15, -0.1) is 0 Å². The number of carbonyl (C=O) groups excluding carboxylic acids is 3. The van der Waals surface area contributed by atoms with Crippen LogP contribution in [-0.2, 0) is 9.53 Å². The number of ether oxygens (including phenoxy) is 1. The summed E-state index contributed by atoms with van der Waals surface area (Å²) in [6.45, 7) is 1.53. The van der Waals surface area contributed by atoms with Gasteiger partial charge in [0.1, 0.15) is 5.82 Å². The summed E-state index contributed by atoms with van der Waals surface area (Å²) in [6.07, 6.45) is 0. The Morgan fingerprint density at radius 3 is 2.54 bits per heavy atom. The first-order chi connectivity index (χ1) is 13.3. The van der Waals surface area contributed by atoms with Gasteiger partial charge in [-0.2, -0.15) is 0 Å². The number of allylic oxidation sites excluding steroid dienone is 1. The lowest BCUT2D eigenvalue weighted by Crippen LogP contribution is -2.48. The van der Waals surface area contributed by atoms with Crippen molar-refractivity contribution in [3.8, 4) is 0 Å². The molecule has 1 heterocycles. The first-order valence-electron chi connectivity index (χ1n) is 8.30. The molecule has 0 radical (unpaired) electrons. The number of nitrogens with zero attached hydrogens (tertiary/aromatic N) is 1. The van der Waals surface area contributed by atoms with Crippen LogP contribution in [0, 0.1) is 5.82 Å². The molecule has 3 rings (SSSR count). The molecule has 144 valence electrons. The molecule has 1 aliphatic heterocycles. The maximum Gasteiger partial charge on any atom is 0.337 e. The van der Waals surface area contributed by atoms with Crippen molar-refractivity contribution in [2.45, 2.75) is 13.0 Å². The normalized spacial score (nSPS) is 16.6. The lowest BCUT2D eigenvalue weighted by Gasteiger charge is -2.35. The number of esters is 1. The first-order valence-corrected chi connectivity index (χ1v) is 8.30. The maximum atomic E-state index is 13.7.